The zero-order valence-electron chi connectivity index (χ0n) is 7.67. The van der Waals surface area contributed by atoms with E-state index in [0.29, 0.717) is 0 Å². The van der Waals surface area contributed by atoms with Crippen LogP contribution in [0.1, 0.15) is 10.6 Å². The van der Waals surface area contributed by atoms with Gasteiger partial charge in [-0.1, -0.05) is 0 Å². The maximum atomic E-state index is 5.36. The quantitative estimate of drug-likeness (QED) is 0.915. The van der Waals surface area contributed by atoms with E-state index >= 15 is 0 Å². The van der Waals surface area contributed by atoms with E-state index in [4.69, 9.17) is 4.42 Å². The third-order valence-corrected chi connectivity index (χ3v) is 3.98. The predicted octanol–water partition coefficient (Wildman–Crippen LogP) is 3.55. The Balaban J connectivity index is 1.83. The Kier molecular flexibility index (Phi) is 3.96. The van der Waals surface area contributed by atoms with Gasteiger partial charge in [0.05, 0.1) is 22.1 Å². The van der Waals surface area contributed by atoms with Crippen LogP contribution >= 0.6 is 43.4 Å². The Morgan fingerprint density at radius 2 is 2.20 bits per heavy atom. The van der Waals surface area contributed by atoms with E-state index in [1.54, 1.807) is 0 Å². The first-order valence-corrected chi connectivity index (χ1v) is 6.65. The topological polar surface area (TPSA) is 38.1 Å². The molecule has 0 bridgehead atoms. The summed E-state index contributed by atoms with van der Waals surface area (Å²) in [5.41, 5.74) is 0. The Hall–Kier alpha value is -0.170. The van der Waals surface area contributed by atoms with Gasteiger partial charge in [0.15, 0.2) is 4.67 Å². The summed E-state index contributed by atoms with van der Waals surface area (Å²) in [6.07, 6.45) is 1.81. The van der Waals surface area contributed by atoms with Crippen molar-refractivity contribution >= 4 is 43.4 Å². The minimum Gasteiger partial charge on any atom is -0.453 e. The van der Waals surface area contributed by atoms with Crippen LogP contribution in [0.25, 0.3) is 0 Å². The van der Waals surface area contributed by atoms with Gasteiger partial charge in [-0.15, -0.1) is 0 Å². The molecule has 3 nitrogen and oxygen atoms in total. The summed E-state index contributed by atoms with van der Waals surface area (Å²) in [4.78, 5) is 1.20. The first-order chi connectivity index (χ1) is 7.25. The molecule has 0 fully saturated rings. The van der Waals surface area contributed by atoms with E-state index in [9.17, 15) is 0 Å². The molecular formula is C9H8Br2N2OS. The summed E-state index contributed by atoms with van der Waals surface area (Å²) in [6.45, 7) is 1.51. The molecule has 15 heavy (non-hydrogen) atoms. The molecule has 80 valence electrons. The molecule has 0 saturated carbocycles. The molecule has 0 atom stereocenters. The van der Waals surface area contributed by atoms with Gasteiger partial charge < -0.3 is 9.73 Å². The SMILES string of the molecule is Brc1ccc(CNCc2sncc2Br)o1. The highest BCUT2D eigenvalue weighted by Crippen LogP contribution is 2.19. The summed E-state index contributed by atoms with van der Waals surface area (Å²) in [7, 11) is 0. The van der Waals surface area contributed by atoms with Crippen molar-refractivity contribution < 1.29 is 4.42 Å². The molecule has 1 N–H and O–H groups in total. The number of halogens is 2. The third-order valence-electron chi connectivity index (χ3n) is 1.81. The summed E-state index contributed by atoms with van der Waals surface area (Å²) in [6, 6.07) is 3.83. The molecule has 0 aromatic carbocycles. The number of rotatable bonds is 4. The number of furan rings is 1. The highest BCUT2D eigenvalue weighted by molar-refractivity contribution is 9.10. The zero-order valence-corrected chi connectivity index (χ0v) is 11.7. The van der Waals surface area contributed by atoms with Gasteiger partial charge in [-0.3, -0.25) is 0 Å². The Bertz CT molecular complexity index is 441. The van der Waals surface area contributed by atoms with Crippen LogP contribution in [0.15, 0.2) is 31.9 Å². The molecule has 0 aliphatic rings. The van der Waals surface area contributed by atoms with Gasteiger partial charge in [-0.2, -0.15) is 4.37 Å². The molecule has 2 heterocycles. The number of nitrogens with one attached hydrogen (secondary N) is 1. The van der Waals surface area contributed by atoms with Crippen LogP contribution in [-0.2, 0) is 13.1 Å². The van der Waals surface area contributed by atoms with Crippen LogP contribution in [0.5, 0.6) is 0 Å². The lowest BCUT2D eigenvalue weighted by Gasteiger charge is -2.00. The van der Waals surface area contributed by atoms with Gasteiger partial charge in [-0.05, 0) is 55.5 Å². The smallest absolute Gasteiger partial charge is 0.169 e. The largest absolute Gasteiger partial charge is 0.453 e. The lowest BCUT2D eigenvalue weighted by molar-refractivity contribution is 0.466. The first-order valence-electron chi connectivity index (χ1n) is 4.29. The minimum atomic E-state index is 0.718. The maximum absolute atomic E-state index is 5.36. The second-order valence-electron chi connectivity index (χ2n) is 2.91. The molecule has 0 amide bonds. The average molecular weight is 352 g/mol. The summed E-state index contributed by atoms with van der Waals surface area (Å²) in [5, 5.41) is 3.28. The summed E-state index contributed by atoms with van der Waals surface area (Å²) < 4.78 is 11.3. The molecule has 2 aromatic heterocycles. The first kappa shape index (κ1) is 11.3. The van der Waals surface area contributed by atoms with Crippen molar-refractivity contribution in [2.75, 3.05) is 0 Å². The summed E-state index contributed by atoms with van der Waals surface area (Å²) in [5.74, 6) is 0.919. The fourth-order valence-electron chi connectivity index (χ4n) is 1.11. The van der Waals surface area contributed by atoms with Crippen LogP contribution < -0.4 is 5.32 Å². The van der Waals surface area contributed by atoms with Gasteiger partial charge in [0.2, 0.25) is 0 Å². The number of aromatic nitrogens is 1. The lowest BCUT2D eigenvalue weighted by Crippen LogP contribution is -2.11. The van der Waals surface area contributed by atoms with Crippen molar-refractivity contribution in [1.82, 2.24) is 9.69 Å². The highest BCUT2D eigenvalue weighted by atomic mass is 79.9. The van der Waals surface area contributed by atoms with E-state index in [1.807, 2.05) is 18.3 Å². The van der Waals surface area contributed by atoms with E-state index in [0.717, 1.165) is 28.0 Å². The van der Waals surface area contributed by atoms with Gasteiger partial charge in [0.25, 0.3) is 0 Å². The molecule has 0 radical (unpaired) electrons. The fourth-order valence-corrected chi connectivity index (χ4v) is 2.64. The lowest BCUT2D eigenvalue weighted by atomic mass is 10.4. The van der Waals surface area contributed by atoms with Crippen molar-refractivity contribution in [3.05, 3.63) is 38.1 Å². The van der Waals surface area contributed by atoms with Gasteiger partial charge >= 0.3 is 0 Å². The number of nitrogens with zero attached hydrogens (tertiary/aromatic N) is 1. The van der Waals surface area contributed by atoms with Crippen LogP contribution in [0.2, 0.25) is 0 Å². The summed E-state index contributed by atoms with van der Waals surface area (Å²) >= 11 is 8.19. The average Bonchev–Trinajstić information content (AvgIpc) is 2.77. The van der Waals surface area contributed by atoms with Crippen molar-refractivity contribution in [2.24, 2.45) is 0 Å². The number of hydrogen-bond acceptors (Lipinski definition) is 4. The van der Waals surface area contributed by atoms with Crippen LogP contribution in [0, 0.1) is 0 Å². The van der Waals surface area contributed by atoms with Gasteiger partial charge in [-0.25, -0.2) is 0 Å². The van der Waals surface area contributed by atoms with Crippen LogP contribution in [0.4, 0.5) is 0 Å². The molecular weight excluding hydrogens is 344 g/mol. The molecule has 2 rings (SSSR count). The Labute approximate surface area is 108 Å². The second-order valence-corrected chi connectivity index (χ2v) is 5.43. The normalized spacial score (nSPS) is 10.8. The van der Waals surface area contributed by atoms with Crippen LogP contribution in [-0.4, -0.2) is 4.37 Å². The van der Waals surface area contributed by atoms with E-state index in [1.165, 1.54) is 16.4 Å². The molecule has 0 unspecified atom stereocenters. The monoisotopic (exact) mass is 350 g/mol. The fraction of sp³-hybridized carbons (Fsp3) is 0.222. The zero-order chi connectivity index (χ0) is 10.7. The molecule has 0 aliphatic carbocycles. The van der Waals surface area contributed by atoms with Crippen LogP contribution in [0.3, 0.4) is 0 Å². The maximum Gasteiger partial charge on any atom is 0.169 e. The van der Waals surface area contributed by atoms with Crippen molar-refractivity contribution in [3.8, 4) is 0 Å². The highest BCUT2D eigenvalue weighted by Gasteiger charge is 2.03. The van der Waals surface area contributed by atoms with E-state index < -0.39 is 0 Å². The third kappa shape index (κ3) is 3.14. The van der Waals surface area contributed by atoms with Crippen molar-refractivity contribution in [3.63, 3.8) is 0 Å². The van der Waals surface area contributed by atoms with Gasteiger partial charge in [0.1, 0.15) is 5.76 Å². The van der Waals surface area contributed by atoms with Crippen molar-refractivity contribution in [1.29, 1.82) is 0 Å². The molecule has 6 heteroatoms. The predicted molar refractivity (Wildman–Crippen MR) is 66.8 cm³/mol. The molecule has 0 saturated heterocycles. The Morgan fingerprint density at radius 3 is 2.80 bits per heavy atom. The second kappa shape index (κ2) is 5.25. The van der Waals surface area contributed by atoms with Crippen molar-refractivity contribution in [2.45, 2.75) is 13.1 Å². The van der Waals surface area contributed by atoms with E-state index in [-0.39, 0.29) is 0 Å². The molecule has 0 spiro atoms. The van der Waals surface area contributed by atoms with E-state index in [2.05, 4.69) is 41.6 Å². The molecule has 0 aliphatic heterocycles. The minimum absolute atomic E-state index is 0.718. The standard InChI is InChI=1S/C9H8Br2N2OS/c10-7-4-13-15-8(7)5-12-3-6-1-2-9(11)14-6/h1-2,4,12H,3,5H2. The van der Waals surface area contributed by atoms with Gasteiger partial charge in [0, 0.05) is 6.54 Å². The Morgan fingerprint density at radius 1 is 1.33 bits per heavy atom. The molecule has 2 aromatic rings. The number of hydrogen-bond donors (Lipinski definition) is 1.